The molecule has 0 fully saturated rings. The molecule has 27 heavy (non-hydrogen) atoms. The smallest absolute Gasteiger partial charge is 0.235 e. The van der Waals surface area contributed by atoms with Gasteiger partial charge in [0.1, 0.15) is 5.75 Å². The van der Waals surface area contributed by atoms with Crippen molar-refractivity contribution in [1.29, 1.82) is 0 Å². The van der Waals surface area contributed by atoms with Crippen molar-refractivity contribution < 1.29 is 17.9 Å². The lowest BCUT2D eigenvalue weighted by Crippen LogP contribution is -2.38. The fourth-order valence-corrected chi connectivity index (χ4v) is 4.70. The van der Waals surface area contributed by atoms with Crippen molar-refractivity contribution in [2.45, 2.75) is 25.8 Å². The number of rotatable bonds is 7. The van der Waals surface area contributed by atoms with Crippen LogP contribution in [0.3, 0.4) is 0 Å². The number of nitrogens with one attached hydrogen (secondary N) is 1. The normalized spacial score (nSPS) is 13.7. The van der Waals surface area contributed by atoms with Gasteiger partial charge in [-0.3, -0.25) is 9.10 Å². The predicted molar refractivity (Wildman–Crippen MR) is 105 cm³/mol. The molecule has 144 valence electrons. The second-order valence-electron chi connectivity index (χ2n) is 6.50. The van der Waals surface area contributed by atoms with Gasteiger partial charge in [-0.15, -0.1) is 0 Å². The Balaban J connectivity index is 1.55. The van der Waals surface area contributed by atoms with Crippen LogP contribution in [0.1, 0.15) is 24.0 Å². The lowest BCUT2D eigenvalue weighted by molar-refractivity contribution is -0.120. The molecule has 1 aliphatic rings. The summed E-state index contributed by atoms with van der Waals surface area (Å²) in [6.07, 6.45) is 1.61. The van der Waals surface area contributed by atoms with Crippen LogP contribution < -0.4 is 14.4 Å². The second-order valence-corrected chi connectivity index (χ2v) is 8.51. The SMILES string of the molecule is COc1ccc(CNC(=O)CCS(=O)(=O)N2CCCc3ccccc32)cc1. The highest BCUT2D eigenvalue weighted by molar-refractivity contribution is 7.92. The molecule has 0 bridgehead atoms. The Kier molecular flexibility index (Phi) is 6.01. The molecule has 0 saturated heterocycles. The highest BCUT2D eigenvalue weighted by Crippen LogP contribution is 2.29. The van der Waals surface area contributed by atoms with Gasteiger partial charge < -0.3 is 10.1 Å². The third-order valence-corrected chi connectivity index (χ3v) is 6.41. The third kappa shape index (κ3) is 4.80. The highest BCUT2D eigenvalue weighted by Gasteiger charge is 2.27. The first-order chi connectivity index (χ1) is 13.0. The van der Waals surface area contributed by atoms with Crippen LogP contribution in [0.25, 0.3) is 0 Å². The topological polar surface area (TPSA) is 75.7 Å². The van der Waals surface area contributed by atoms with E-state index >= 15 is 0 Å². The van der Waals surface area contributed by atoms with Crippen LogP contribution in [0.4, 0.5) is 5.69 Å². The van der Waals surface area contributed by atoms with E-state index in [1.54, 1.807) is 7.11 Å². The monoisotopic (exact) mass is 388 g/mol. The summed E-state index contributed by atoms with van der Waals surface area (Å²) in [5, 5.41) is 2.77. The van der Waals surface area contributed by atoms with Gasteiger partial charge in [0.25, 0.3) is 0 Å². The Morgan fingerprint density at radius 2 is 1.89 bits per heavy atom. The number of nitrogens with zero attached hydrogens (tertiary/aromatic N) is 1. The van der Waals surface area contributed by atoms with Crippen molar-refractivity contribution in [2.24, 2.45) is 0 Å². The van der Waals surface area contributed by atoms with Crippen LogP contribution in [-0.4, -0.2) is 33.7 Å². The quantitative estimate of drug-likeness (QED) is 0.791. The summed E-state index contributed by atoms with van der Waals surface area (Å²) >= 11 is 0. The van der Waals surface area contributed by atoms with Gasteiger partial charge in [0.15, 0.2) is 0 Å². The van der Waals surface area contributed by atoms with Crippen molar-refractivity contribution in [3.05, 3.63) is 59.7 Å². The second kappa shape index (κ2) is 8.43. The van der Waals surface area contributed by atoms with Crippen molar-refractivity contribution >= 4 is 21.6 Å². The van der Waals surface area contributed by atoms with Gasteiger partial charge in [-0.1, -0.05) is 30.3 Å². The first kappa shape index (κ1) is 19.2. The van der Waals surface area contributed by atoms with E-state index in [0.717, 1.165) is 35.4 Å². The molecule has 0 saturated carbocycles. The maximum Gasteiger partial charge on any atom is 0.235 e. The van der Waals surface area contributed by atoms with Crippen molar-refractivity contribution in [3.63, 3.8) is 0 Å². The number of anilines is 1. The summed E-state index contributed by atoms with van der Waals surface area (Å²) in [4.78, 5) is 12.1. The van der Waals surface area contributed by atoms with E-state index in [2.05, 4.69) is 5.32 Å². The van der Waals surface area contributed by atoms with Crippen molar-refractivity contribution in [1.82, 2.24) is 5.32 Å². The molecule has 1 aliphatic heterocycles. The summed E-state index contributed by atoms with van der Waals surface area (Å²) in [6.45, 7) is 0.822. The lowest BCUT2D eigenvalue weighted by atomic mass is 10.0. The Morgan fingerprint density at radius 3 is 2.63 bits per heavy atom. The zero-order valence-electron chi connectivity index (χ0n) is 15.3. The van der Waals surface area contributed by atoms with Crippen molar-refractivity contribution in [2.75, 3.05) is 23.7 Å². The number of amides is 1. The number of fused-ring (bicyclic) bond motifs is 1. The lowest BCUT2D eigenvalue weighted by Gasteiger charge is -2.30. The first-order valence-corrected chi connectivity index (χ1v) is 10.6. The fourth-order valence-electron chi connectivity index (χ4n) is 3.15. The standard InChI is InChI=1S/C20H24N2O4S/c1-26-18-10-8-16(9-11-18)15-21-20(23)12-14-27(24,25)22-13-4-6-17-5-2-3-7-19(17)22/h2-3,5,7-11H,4,6,12-15H2,1H3,(H,21,23). The van der Waals surface area contributed by atoms with Crippen LogP contribution in [0, 0.1) is 0 Å². The average molecular weight is 388 g/mol. The summed E-state index contributed by atoms with van der Waals surface area (Å²) in [7, 11) is -1.93. The van der Waals surface area contributed by atoms with E-state index in [1.807, 2.05) is 48.5 Å². The molecule has 2 aromatic carbocycles. The minimum absolute atomic E-state index is 0.0584. The van der Waals surface area contributed by atoms with E-state index in [0.29, 0.717) is 13.1 Å². The van der Waals surface area contributed by atoms with Gasteiger partial charge in [-0.05, 0) is 42.2 Å². The maximum atomic E-state index is 12.7. The van der Waals surface area contributed by atoms with Crippen LogP contribution >= 0.6 is 0 Å². The number of carbonyl (C=O) groups excluding carboxylic acids is 1. The van der Waals surface area contributed by atoms with Gasteiger partial charge in [0, 0.05) is 19.5 Å². The number of sulfonamides is 1. The Labute approximate surface area is 160 Å². The molecular formula is C20H24N2O4S. The van der Waals surface area contributed by atoms with E-state index < -0.39 is 10.0 Å². The van der Waals surface area contributed by atoms with Gasteiger partial charge in [-0.2, -0.15) is 0 Å². The molecule has 1 heterocycles. The minimum Gasteiger partial charge on any atom is -0.497 e. The van der Waals surface area contributed by atoms with E-state index in [9.17, 15) is 13.2 Å². The van der Waals surface area contributed by atoms with Gasteiger partial charge in [0.05, 0.1) is 18.6 Å². The van der Waals surface area contributed by atoms with Crippen LogP contribution in [0.5, 0.6) is 5.75 Å². The predicted octanol–water partition coefficient (Wildman–Crippen LogP) is 2.48. The number of benzene rings is 2. The average Bonchev–Trinajstić information content (AvgIpc) is 2.70. The number of ether oxygens (including phenoxy) is 1. The Bertz CT molecular complexity index is 894. The summed E-state index contributed by atoms with van der Waals surface area (Å²) in [5.74, 6) is 0.271. The number of hydrogen-bond acceptors (Lipinski definition) is 4. The number of para-hydroxylation sites is 1. The Hall–Kier alpha value is -2.54. The molecule has 3 rings (SSSR count). The molecule has 6 nitrogen and oxygen atoms in total. The van der Waals surface area contributed by atoms with Crippen LogP contribution in [0.2, 0.25) is 0 Å². The number of methoxy groups -OCH3 is 1. The van der Waals surface area contributed by atoms with Crippen LogP contribution in [0.15, 0.2) is 48.5 Å². The number of hydrogen-bond donors (Lipinski definition) is 1. The third-order valence-electron chi connectivity index (χ3n) is 4.64. The summed E-state index contributed by atoms with van der Waals surface area (Å²) in [5.41, 5.74) is 2.70. The molecule has 0 aromatic heterocycles. The fraction of sp³-hybridized carbons (Fsp3) is 0.350. The minimum atomic E-state index is -3.53. The Morgan fingerprint density at radius 1 is 1.15 bits per heavy atom. The molecule has 1 N–H and O–H groups in total. The molecule has 7 heteroatoms. The molecule has 0 unspecified atom stereocenters. The largest absolute Gasteiger partial charge is 0.497 e. The molecule has 0 radical (unpaired) electrons. The molecule has 0 spiro atoms. The number of aryl methyl sites for hydroxylation is 1. The molecule has 2 aromatic rings. The van der Waals surface area contributed by atoms with Gasteiger partial charge in [0.2, 0.25) is 15.9 Å². The molecule has 1 amide bonds. The molecular weight excluding hydrogens is 364 g/mol. The first-order valence-electron chi connectivity index (χ1n) is 8.97. The number of carbonyl (C=O) groups is 1. The van der Waals surface area contributed by atoms with Gasteiger partial charge >= 0.3 is 0 Å². The maximum absolute atomic E-state index is 12.7. The molecule has 0 aliphatic carbocycles. The highest BCUT2D eigenvalue weighted by atomic mass is 32.2. The van der Waals surface area contributed by atoms with E-state index in [4.69, 9.17) is 4.74 Å². The van der Waals surface area contributed by atoms with Crippen LogP contribution in [-0.2, 0) is 27.8 Å². The summed E-state index contributed by atoms with van der Waals surface area (Å²) in [6, 6.07) is 14.9. The van der Waals surface area contributed by atoms with Crippen molar-refractivity contribution in [3.8, 4) is 5.75 Å². The zero-order valence-corrected chi connectivity index (χ0v) is 16.2. The zero-order chi connectivity index (χ0) is 19.3. The van der Waals surface area contributed by atoms with Gasteiger partial charge in [-0.25, -0.2) is 8.42 Å². The van der Waals surface area contributed by atoms with E-state index in [1.165, 1.54) is 4.31 Å². The molecule has 0 atom stereocenters. The van der Waals surface area contributed by atoms with E-state index in [-0.39, 0.29) is 18.1 Å². The summed E-state index contributed by atoms with van der Waals surface area (Å²) < 4.78 is 32.0.